The molecule has 0 aliphatic rings. The van der Waals surface area contributed by atoms with Gasteiger partial charge in [0.1, 0.15) is 28.4 Å². The molecule has 56 heavy (non-hydrogen) atoms. The van der Waals surface area contributed by atoms with E-state index in [2.05, 4.69) is 109 Å². The molecule has 0 spiro atoms. The average molecular weight is 933 g/mol. The second kappa shape index (κ2) is 17.7. The van der Waals surface area contributed by atoms with Gasteiger partial charge >= 0.3 is 0 Å². The van der Waals surface area contributed by atoms with Gasteiger partial charge in [0.05, 0.1) is 0 Å². The number of aliphatic hydroxyl groups is 1. The minimum Gasteiger partial charge on any atom is -0.512 e. The van der Waals surface area contributed by atoms with Crippen LogP contribution in [0.25, 0.3) is 55.3 Å². The standard InChI is InChI=1S/C35H34NO2.C15H28O2.Ir/c1-20(2)17-28-22(4)37-30-14-10-13-27(31(28)30)33-21(3)25-15-16-36-32(34(25)38-33)24-18-23-11-8-9-12-26(23)29(19-24)35(5,6)7;1-7-14(5,8-2)12(16)11-13(17)15(6,9-3)10-4;/h8-16,19-20H,17H2,1-7H3;11,16H,7-10H2,1-6H3;/q-1;;/b;12-11-;. The summed E-state index contributed by atoms with van der Waals surface area (Å²) in [6.07, 6.45) is 7.60. The summed E-state index contributed by atoms with van der Waals surface area (Å²) >= 11 is 0. The number of furan rings is 2. The van der Waals surface area contributed by atoms with E-state index < -0.39 is 0 Å². The van der Waals surface area contributed by atoms with Crippen LogP contribution in [0.5, 0.6) is 0 Å². The zero-order valence-electron chi connectivity index (χ0n) is 35.9. The smallest absolute Gasteiger partial charge is 0.164 e. The summed E-state index contributed by atoms with van der Waals surface area (Å²) in [6, 6.07) is 22.7. The largest absolute Gasteiger partial charge is 0.512 e. The molecule has 3 heterocycles. The fourth-order valence-electron chi connectivity index (χ4n) is 7.43. The zero-order chi connectivity index (χ0) is 40.5. The van der Waals surface area contributed by atoms with Crippen LogP contribution in [0.1, 0.15) is 124 Å². The Morgan fingerprint density at radius 2 is 1.50 bits per heavy atom. The second-order valence-corrected chi connectivity index (χ2v) is 17.3. The number of hydrogen-bond acceptors (Lipinski definition) is 5. The summed E-state index contributed by atoms with van der Waals surface area (Å²) in [5.41, 5.74) is 7.60. The van der Waals surface area contributed by atoms with E-state index in [1.807, 2.05) is 47.7 Å². The number of aliphatic hydroxyl groups excluding tert-OH is 1. The van der Waals surface area contributed by atoms with E-state index in [4.69, 9.17) is 13.8 Å². The molecule has 5 nitrogen and oxygen atoms in total. The van der Waals surface area contributed by atoms with Gasteiger partial charge in [-0.15, -0.1) is 29.1 Å². The SMILES string of the molecule is CCC(C)(CC)C(=O)/C=C(\O)C(C)(CC)CC.Cc1oc2cccc(-c3oc4c(-c5[c-]c6ccccc6c(C(C)(C)C)c5)nccc4c3C)c2c1CC(C)C.[Ir]. The summed E-state index contributed by atoms with van der Waals surface area (Å²) in [6.45, 7) is 27.5. The average Bonchev–Trinajstić information content (AvgIpc) is 3.68. The van der Waals surface area contributed by atoms with Gasteiger partial charge in [0, 0.05) is 76.4 Å². The summed E-state index contributed by atoms with van der Waals surface area (Å²) < 4.78 is 13.0. The topological polar surface area (TPSA) is 76.5 Å². The van der Waals surface area contributed by atoms with Crippen LogP contribution in [0.15, 0.2) is 81.5 Å². The Morgan fingerprint density at radius 3 is 2.11 bits per heavy atom. The molecule has 6 rings (SSSR count). The van der Waals surface area contributed by atoms with Crippen molar-refractivity contribution in [3.05, 3.63) is 101 Å². The number of carbonyl (C=O) groups excluding carboxylic acids is 1. The first-order valence-electron chi connectivity index (χ1n) is 20.2. The first kappa shape index (κ1) is 44.7. The predicted molar refractivity (Wildman–Crippen MR) is 231 cm³/mol. The Kier molecular flexibility index (Phi) is 14.1. The minimum absolute atomic E-state index is 0. The molecule has 0 atom stereocenters. The molecule has 0 bridgehead atoms. The maximum atomic E-state index is 12.2. The van der Waals surface area contributed by atoms with E-state index in [9.17, 15) is 9.90 Å². The molecule has 0 saturated carbocycles. The Labute approximate surface area is 348 Å². The van der Waals surface area contributed by atoms with E-state index in [0.29, 0.717) is 5.92 Å². The number of allylic oxidation sites excluding steroid dienone is 2. The molecule has 0 unspecified atom stereocenters. The monoisotopic (exact) mass is 933 g/mol. The molecule has 1 radical (unpaired) electrons. The van der Waals surface area contributed by atoms with E-state index >= 15 is 0 Å². The number of fused-ring (bicyclic) bond motifs is 3. The summed E-state index contributed by atoms with van der Waals surface area (Å²) in [4.78, 5) is 17.0. The van der Waals surface area contributed by atoms with Crippen molar-refractivity contribution in [2.24, 2.45) is 16.7 Å². The Morgan fingerprint density at radius 1 is 0.857 bits per heavy atom. The molecule has 6 heteroatoms. The third-order valence-corrected chi connectivity index (χ3v) is 12.2. The number of aromatic nitrogens is 1. The van der Waals surface area contributed by atoms with E-state index in [1.165, 1.54) is 22.6 Å². The maximum Gasteiger partial charge on any atom is 0.164 e. The van der Waals surface area contributed by atoms with Crippen LogP contribution in [0, 0.1) is 36.7 Å². The van der Waals surface area contributed by atoms with Crippen LogP contribution in [0.2, 0.25) is 0 Å². The number of pyridine rings is 1. The number of rotatable bonds is 11. The molecular weight excluding hydrogens is 871 g/mol. The fourth-order valence-corrected chi connectivity index (χ4v) is 7.43. The summed E-state index contributed by atoms with van der Waals surface area (Å²) in [5.74, 6) is 2.67. The van der Waals surface area contributed by atoms with E-state index in [-0.39, 0.29) is 47.9 Å². The van der Waals surface area contributed by atoms with Crippen molar-refractivity contribution in [3.8, 4) is 22.6 Å². The van der Waals surface area contributed by atoms with Crippen molar-refractivity contribution < 1.29 is 38.8 Å². The normalized spacial score (nSPS) is 12.6. The first-order valence-corrected chi connectivity index (χ1v) is 20.2. The molecule has 0 amide bonds. The van der Waals surface area contributed by atoms with Gasteiger partial charge in [-0.25, -0.2) is 0 Å². The Bertz CT molecular complexity index is 2340. The number of hydrogen-bond donors (Lipinski definition) is 1. The van der Waals surface area contributed by atoms with E-state index in [1.54, 1.807) is 0 Å². The van der Waals surface area contributed by atoms with Gasteiger partial charge in [0.25, 0.3) is 0 Å². The van der Waals surface area contributed by atoms with Gasteiger partial charge in [-0.3, -0.25) is 9.78 Å². The van der Waals surface area contributed by atoms with Gasteiger partial charge in [-0.05, 0) is 69.4 Å². The summed E-state index contributed by atoms with van der Waals surface area (Å²) in [5, 5.41) is 14.7. The molecule has 301 valence electrons. The number of aryl methyl sites for hydroxylation is 2. The maximum absolute atomic E-state index is 12.2. The van der Waals surface area contributed by atoms with Gasteiger partial charge < -0.3 is 13.9 Å². The summed E-state index contributed by atoms with van der Waals surface area (Å²) in [7, 11) is 0. The quantitative estimate of drug-likeness (QED) is 0.0796. The van der Waals surface area contributed by atoms with Crippen LogP contribution in [-0.2, 0) is 36.7 Å². The molecule has 6 aromatic rings. The molecule has 0 aliphatic carbocycles. The molecule has 0 saturated heterocycles. The predicted octanol–water partition coefficient (Wildman–Crippen LogP) is 14.6. The third kappa shape index (κ3) is 8.77. The minimum atomic E-state index is -0.337. The number of carbonyl (C=O) groups is 1. The number of ketones is 1. The van der Waals surface area contributed by atoms with Crippen molar-refractivity contribution in [2.45, 2.75) is 128 Å². The van der Waals surface area contributed by atoms with Crippen LogP contribution in [0.3, 0.4) is 0 Å². The van der Waals surface area contributed by atoms with Crippen molar-refractivity contribution >= 4 is 38.5 Å². The van der Waals surface area contributed by atoms with Crippen LogP contribution in [0.4, 0.5) is 0 Å². The van der Waals surface area contributed by atoms with Crippen LogP contribution in [-0.4, -0.2) is 15.9 Å². The molecule has 0 aliphatic heterocycles. The third-order valence-electron chi connectivity index (χ3n) is 12.2. The molecular formula is C50H62IrNO4-. The first-order chi connectivity index (χ1) is 25.9. The van der Waals surface area contributed by atoms with Crippen LogP contribution >= 0.6 is 0 Å². The zero-order valence-corrected chi connectivity index (χ0v) is 38.3. The fraction of sp³-hybridized carbons (Fsp3) is 0.440. The van der Waals surface area contributed by atoms with Gasteiger partial charge in [-0.1, -0.05) is 117 Å². The van der Waals surface area contributed by atoms with Gasteiger partial charge in [-0.2, -0.15) is 0 Å². The molecule has 3 aromatic carbocycles. The Balaban J connectivity index is 0.000000330. The van der Waals surface area contributed by atoms with Crippen LogP contribution < -0.4 is 0 Å². The van der Waals surface area contributed by atoms with Crippen molar-refractivity contribution in [3.63, 3.8) is 0 Å². The van der Waals surface area contributed by atoms with Gasteiger partial charge in [0.15, 0.2) is 5.78 Å². The number of benzene rings is 3. The van der Waals surface area contributed by atoms with Gasteiger partial charge in [0.2, 0.25) is 0 Å². The van der Waals surface area contributed by atoms with Crippen molar-refractivity contribution in [2.75, 3.05) is 0 Å². The Hall–Kier alpha value is -3.99. The van der Waals surface area contributed by atoms with Crippen molar-refractivity contribution in [1.29, 1.82) is 0 Å². The van der Waals surface area contributed by atoms with Crippen molar-refractivity contribution in [1.82, 2.24) is 4.98 Å². The van der Waals surface area contributed by atoms with E-state index in [0.717, 1.165) is 93.3 Å². The molecule has 0 fully saturated rings. The number of nitrogens with zero attached hydrogens (tertiary/aromatic N) is 1. The second-order valence-electron chi connectivity index (χ2n) is 17.3. The molecule has 1 N–H and O–H groups in total. The molecule has 3 aromatic heterocycles.